The number of unbranched alkanes of at least 4 members (excludes halogenated alkanes) is 1. The fourth-order valence-corrected chi connectivity index (χ4v) is 1.21. The van der Waals surface area contributed by atoms with Crippen molar-refractivity contribution in [2.45, 2.75) is 19.4 Å². The van der Waals surface area contributed by atoms with Gasteiger partial charge in [-0.05, 0) is 12.0 Å². The number of carbonyl (C=O) groups is 1. The van der Waals surface area contributed by atoms with Crippen molar-refractivity contribution in [2.75, 3.05) is 13.7 Å². The van der Waals surface area contributed by atoms with Gasteiger partial charge >= 0.3 is 5.97 Å². The molecule has 0 spiro atoms. The first-order valence-electron chi connectivity index (χ1n) is 5.51. The molecule has 0 aliphatic heterocycles. The van der Waals surface area contributed by atoms with Crippen LogP contribution in [0.4, 0.5) is 0 Å². The molecule has 90 valence electrons. The molecule has 3 heteroatoms. The number of benzene rings is 1. The Morgan fingerprint density at radius 2 is 2.06 bits per heavy atom. The van der Waals surface area contributed by atoms with Crippen LogP contribution in [0, 0.1) is 11.8 Å². The van der Waals surface area contributed by atoms with Crippen molar-refractivity contribution in [3.63, 3.8) is 0 Å². The number of ether oxygens (including phenoxy) is 2. The third-order valence-electron chi connectivity index (χ3n) is 2.08. The largest absolute Gasteiger partial charge is 0.459 e. The molecule has 17 heavy (non-hydrogen) atoms. The van der Waals surface area contributed by atoms with Crippen LogP contribution in [0.15, 0.2) is 30.3 Å². The summed E-state index contributed by atoms with van der Waals surface area (Å²) in [5.41, 5.74) is 1.16. The lowest BCUT2D eigenvalue weighted by Gasteiger charge is -2.02. The Morgan fingerprint density at radius 3 is 2.76 bits per heavy atom. The minimum atomic E-state index is -0.491. The molecular weight excluding hydrogens is 216 g/mol. The minimum absolute atomic E-state index is 0.491. The molecule has 1 aromatic carbocycles. The maximum Gasteiger partial charge on any atom is 0.384 e. The molecule has 0 unspecified atom stereocenters. The SMILES string of the molecule is COC(=O)C#CCCCOCc1ccccc1. The second kappa shape index (κ2) is 8.37. The molecule has 0 saturated carbocycles. The third kappa shape index (κ3) is 6.39. The molecular formula is C14H16O3. The van der Waals surface area contributed by atoms with Gasteiger partial charge in [0.2, 0.25) is 0 Å². The fraction of sp³-hybridized carbons (Fsp3) is 0.357. The van der Waals surface area contributed by atoms with Crippen LogP contribution < -0.4 is 0 Å². The molecule has 0 aliphatic rings. The average molecular weight is 232 g/mol. The highest BCUT2D eigenvalue weighted by atomic mass is 16.5. The maximum atomic E-state index is 10.7. The summed E-state index contributed by atoms with van der Waals surface area (Å²) >= 11 is 0. The lowest BCUT2D eigenvalue weighted by atomic mass is 10.2. The smallest absolute Gasteiger partial charge is 0.384 e. The topological polar surface area (TPSA) is 35.5 Å². The van der Waals surface area contributed by atoms with Gasteiger partial charge in [-0.1, -0.05) is 36.3 Å². The molecule has 0 aliphatic carbocycles. The normalized spacial score (nSPS) is 9.24. The zero-order chi connectivity index (χ0) is 12.3. The van der Waals surface area contributed by atoms with Crippen LogP contribution in [-0.2, 0) is 20.9 Å². The first-order chi connectivity index (χ1) is 8.33. The number of hydrogen-bond acceptors (Lipinski definition) is 3. The van der Waals surface area contributed by atoms with Gasteiger partial charge in [0.25, 0.3) is 0 Å². The van der Waals surface area contributed by atoms with Crippen LogP contribution in [0.5, 0.6) is 0 Å². The Balaban J connectivity index is 2.05. The predicted octanol–water partition coefficient (Wildman–Crippen LogP) is 2.16. The summed E-state index contributed by atoms with van der Waals surface area (Å²) < 4.78 is 9.86. The fourth-order valence-electron chi connectivity index (χ4n) is 1.21. The second-order valence-corrected chi connectivity index (χ2v) is 3.44. The van der Waals surface area contributed by atoms with Crippen LogP contribution >= 0.6 is 0 Å². The Labute approximate surface area is 102 Å². The van der Waals surface area contributed by atoms with Gasteiger partial charge in [-0.15, -0.1) is 0 Å². The molecule has 1 aromatic rings. The Bertz CT molecular complexity index is 387. The molecule has 0 saturated heterocycles. The van der Waals surface area contributed by atoms with Crippen molar-refractivity contribution in [2.24, 2.45) is 0 Å². The summed E-state index contributed by atoms with van der Waals surface area (Å²) in [5.74, 6) is 4.61. The van der Waals surface area contributed by atoms with E-state index in [4.69, 9.17) is 4.74 Å². The standard InChI is InChI=1S/C14H16O3/c1-16-14(15)10-6-3-7-11-17-12-13-8-4-2-5-9-13/h2,4-5,8-9H,3,7,11-12H2,1H3. The number of carbonyl (C=O) groups excluding carboxylic acids is 1. The van der Waals surface area contributed by atoms with Gasteiger partial charge in [0.1, 0.15) is 0 Å². The van der Waals surface area contributed by atoms with Gasteiger partial charge in [-0.2, -0.15) is 0 Å². The molecule has 0 aromatic heterocycles. The van der Waals surface area contributed by atoms with Crippen molar-refractivity contribution in [1.29, 1.82) is 0 Å². The average Bonchev–Trinajstić information content (AvgIpc) is 2.38. The van der Waals surface area contributed by atoms with E-state index in [9.17, 15) is 4.79 Å². The molecule has 0 fully saturated rings. The summed E-state index contributed by atoms with van der Waals surface area (Å²) in [7, 11) is 1.32. The maximum absolute atomic E-state index is 10.7. The van der Waals surface area contributed by atoms with E-state index in [1.807, 2.05) is 30.3 Å². The van der Waals surface area contributed by atoms with Gasteiger partial charge in [0.15, 0.2) is 0 Å². The van der Waals surface area contributed by atoms with E-state index in [-0.39, 0.29) is 0 Å². The molecule has 0 radical (unpaired) electrons. The number of hydrogen-bond donors (Lipinski definition) is 0. The molecule has 0 bridgehead atoms. The summed E-state index contributed by atoms with van der Waals surface area (Å²) in [6.07, 6.45) is 1.46. The van der Waals surface area contributed by atoms with Gasteiger partial charge < -0.3 is 9.47 Å². The summed E-state index contributed by atoms with van der Waals surface area (Å²) in [6, 6.07) is 10.0. The van der Waals surface area contributed by atoms with E-state index in [2.05, 4.69) is 16.6 Å². The van der Waals surface area contributed by atoms with Crippen molar-refractivity contribution < 1.29 is 14.3 Å². The zero-order valence-corrected chi connectivity index (χ0v) is 9.94. The highest BCUT2D eigenvalue weighted by molar-refractivity contribution is 5.88. The zero-order valence-electron chi connectivity index (χ0n) is 9.94. The van der Waals surface area contributed by atoms with Crippen LogP contribution in [-0.4, -0.2) is 19.7 Å². The van der Waals surface area contributed by atoms with Crippen LogP contribution in [0.25, 0.3) is 0 Å². The first kappa shape index (κ1) is 13.3. The molecule has 1 rings (SSSR count). The van der Waals surface area contributed by atoms with E-state index in [1.54, 1.807) is 0 Å². The van der Waals surface area contributed by atoms with Crippen LogP contribution in [0.3, 0.4) is 0 Å². The van der Waals surface area contributed by atoms with E-state index < -0.39 is 5.97 Å². The minimum Gasteiger partial charge on any atom is -0.459 e. The Kier molecular flexibility index (Phi) is 6.54. The van der Waals surface area contributed by atoms with Gasteiger partial charge in [0, 0.05) is 18.9 Å². The van der Waals surface area contributed by atoms with E-state index in [0.29, 0.717) is 19.6 Å². The summed E-state index contributed by atoms with van der Waals surface area (Å²) in [4.78, 5) is 10.7. The van der Waals surface area contributed by atoms with Gasteiger partial charge in [-0.3, -0.25) is 0 Å². The number of esters is 1. The van der Waals surface area contributed by atoms with Crippen molar-refractivity contribution in [3.05, 3.63) is 35.9 Å². The molecule has 0 N–H and O–H groups in total. The van der Waals surface area contributed by atoms with E-state index >= 15 is 0 Å². The predicted molar refractivity (Wildman–Crippen MR) is 65.1 cm³/mol. The third-order valence-corrected chi connectivity index (χ3v) is 2.08. The molecule has 0 atom stereocenters. The van der Waals surface area contributed by atoms with Crippen molar-refractivity contribution in [1.82, 2.24) is 0 Å². The summed E-state index contributed by atoms with van der Waals surface area (Å²) in [5, 5.41) is 0. The first-order valence-corrected chi connectivity index (χ1v) is 5.51. The van der Waals surface area contributed by atoms with Crippen molar-refractivity contribution in [3.8, 4) is 11.8 Å². The highest BCUT2D eigenvalue weighted by Crippen LogP contribution is 2.01. The van der Waals surface area contributed by atoms with E-state index in [1.165, 1.54) is 7.11 Å². The lowest BCUT2D eigenvalue weighted by Crippen LogP contribution is -1.96. The lowest BCUT2D eigenvalue weighted by molar-refractivity contribution is -0.133. The van der Waals surface area contributed by atoms with Crippen molar-refractivity contribution >= 4 is 5.97 Å². The number of rotatable bonds is 5. The quantitative estimate of drug-likeness (QED) is 0.338. The Hall–Kier alpha value is -1.79. The van der Waals surface area contributed by atoms with Gasteiger partial charge in [0.05, 0.1) is 13.7 Å². The number of methoxy groups -OCH3 is 1. The van der Waals surface area contributed by atoms with Crippen LogP contribution in [0.2, 0.25) is 0 Å². The molecule has 0 amide bonds. The highest BCUT2D eigenvalue weighted by Gasteiger charge is 1.92. The van der Waals surface area contributed by atoms with E-state index in [0.717, 1.165) is 12.0 Å². The summed E-state index contributed by atoms with van der Waals surface area (Å²) in [6.45, 7) is 1.26. The monoisotopic (exact) mass is 232 g/mol. The molecule has 0 heterocycles. The van der Waals surface area contributed by atoms with Crippen LogP contribution in [0.1, 0.15) is 18.4 Å². The second-order valence-electron chi connectivity index (χ2n) is 3.44. The molecule has 3 nitrogen and oxygen atoms in total. The van der Waals surface area contributed by atoms with Gasteiger partial charge in [-0.25, -0.2) is 4.79 Å². The Morgan fingerprint density at radius 1 is 1.29 bits per heavy atom.